The Labute approximate surface area is 265 Å². The lowest BCUT2D eigenvalue weighted by Gasteiger charge is -2.22. The van der Waals surface area contributed by atoms with Gasteiger partial charge in [-0.05, 0) is 47.9 Å². The number of halogens is 6. The summed E-state index contributed by atoms with van der Waals surface area (Å²) in [7, 11) is 1.22. The standard InChI is InChI=1S/C33H30F6N4O4/c1-20(23-11-13-24(14-12-23)31(45)46-2)40-29(44)27-28(33(37,38)39)41-43-26(19-47-18-21-7-4-3-5-8-21)17-42(30(27)43)16-22-9-6-10-25(15-22)32(34,35)36/h3-15,20,26H,16-19H2,1-2H3,(H,40,44)/t20-,26?/m0/s1. The van der Waals surface area contributed by atoms with Crippen molar-refractivity contribution in [2.24, 2.45) is 0 Å². The van der Waals surface area contributed by atoms with Gasteiger partial charge in [0.15, 0.2) is 5.69 Å². The van der Waals surface area contributed by atoms with Crippen LogP contribution in [0.4, 0.5) is 32.2 Å². The van der Waals surface area contributed by atoms with Crippen molar-refractivity contribution < 1.29 is 45.4 Å². The van der Waals surface area contributed by atoms with E-state index in [4.69, 9.17) is 4.74 Å². The lowest BCUT2D eigenvalue weighted by Crippen LogP contribution is -2.31. The highest BCUT2D eigenvalue weighted by Gasteiger charge is 2.46. The molecule has 0 radical (unpaired) electrons. The zero-order valence-electron chi connectivity index (χ0n) is 25.2. The van der Waals surface area contributed by atoms with Crippen molar-refractivity contribution in [2.45, 2.75) is 44.5 Å². The average molecular weight is 661 g/mol. The molecule has 47 heavy (non-hydrogen) atoms. The molecule has 0 saturated heterocycles. The van der Waals surface area contributed by atoms with Crippen molar-refractivity contribution in [3.63, 3.8) is 0 Å². The Hall–Kier alpha value is -4.85. The van der Waals surface area contributed by atoms with Crippen LogP contribution in [0.5, 0.6) is 0 Å². The Morgan fingerprint density at radius 1 is 0.936 bits per heavy atom. The lowest BCUT2D eigenvalue weighted by atomic mass is 10.1. The predicted octanol–water partition coefficient (Wildman–Crippen LogP) is 6.98. The number of fused-ring (bicyclic) bond motifs is 1. The second-order valence-electron chi connectivity index (χ2n) is 11.0. The van der Waals surface area contributed by atoms with Crippen LogP contribution in [0.15, 0.2) is 78.9 Å². The SMILES string of the molecule is COC(=O)c1ccc([C@H](C)NC(=O)c2c(C(F)(F)F)nn3c2N(Cc2cccc(C(F)(F)F)c2)CC3COCc2ccccc2)cc1. The highest BCUT2D eigenvalue weighted by molar-refractivity contribution is 6.01. The number of aromatic nitrogens is 2. The Morgan fingerprint density at radius 3 is 2.26 bits per heavy atom. The van der Waals surface area contributed by atoms with Crippen LogP contribution in [0.1, 0.15) is 67.7 Å². The zero-order valence-corrected chi connectivity index (χ0v) is 25.2. The largest absolute Gasteiger partial charge is 0.465 e. The molecule has 1 aromatic heterocycles. The molecule has 0 saturated carbocycles. The Bertz CT molecular complexity index is 1720. The molecule has 5 rings (SSSR count). The van der Waals surface area contributed by atoms with Gasteiger partial charge in [-0.2, -0.15) is 31.4 Å². The van der Waals surface area contributed by atoms with Gasteiger partial charge in [0.25, 0.3) is 5.91 Å². The quantitative estimate of drug-likeness (QED) is 0.146. The summed E-state index contributed by atoms with van der Waals surface area (Å²) in [6.07, 6.45) is -9.66. The molecule has 3 aromatic carbocycles. The molecule has 248 valence electrons. The Balaban J connectivity index is 1.49. The van der Waals surface area contributed by atoms with E-state index < -0.39 is 53.1 Å². The van der Waals surface area contributed by atoms with Gasteiger partial charge in [0.2, 0.25) is 0 Å². The van der Waals surface area contributed by atoms with Gasteiger partial charge in [-0.3, -0.25) is 4.79 Å². The number of ether oxygens (including phenoxy) is 2. The predicted molar refractivity (Wildman–Crippen MR) is 159 cm³/mol. The van der Waals surface area contributed by atoms with E-state index >= 15 is 0 Å². The highest BCUT2D eigenvalue weighted by atomic mass is 19.4. The third-order valence-electron chi connectivity index (χ3n) is 7.69. The number of esters is 1. The van der Waals surface area contributed by atoms with Crippen molar-refractivity contribution in [3.05, 3.63) is 118 Å². The van der Waals surface area contributed by atoms with Gasteiger partial charge in [-0.15, -0.1) is 0 Å². The first-order valence-electron chi connectivity index (χ1n) is 14.5. The number of carbonyl (C=O) groups is 2. The Morgan fingerprint density at radius 2 is 1.62 bits per heavy atom. The first kappa shape index (κ1) is 33.5. The number of hydrogen-bond donors (Lipinski definition) is 1. The molecular formula is C33H30F6N4O4. The second kappa shape index (κ2) is 13.5. The normalized spacial score (nSPS) is 15.3. The molecule has 4 aromatic rings. The number of carbonyl (C=O) groups excluding carboxylic acids is 2. The molecule has 1 N–H and O–H groups in total. The summed E-state index contributed by atoms with van der Waals surface area (Å²) in [5, 5.41) is 6.42. The summed E-state index contributed by atoms with van der Waals surface area (Å²) in [4.78, 5) is 26.9. The zero-order chi connectivity index (χ0) is 33.9. The monoisotopic (exact) mass is 660 g/mol. The average Bonchev–Trinajstić information content (AvgIpc) is 3.59. The van der Waals surface area contributed by atoms with Crippen LogP contribution in [-0.4, -0.2) is 41.9 Å². The van der Waals surface area contributed by atoms with Crippen LogP contribution in [0.3, 0.4) is 0 Å². The lowest BCUT2D eigenvalue weighted by molar-refractivity contribution is -0.142. The molecule has 8 nitrogen and oxygen atoms in total. The van der Waals surface area contributed by atoms with E-state index in [-0.39, 0.29) is 43.2 Å². The maximum atomic E-state index is 14.4. The summed E-state index contributed by atoms with van der Waals surface area (Å²) in [6, 6.07) is 18.0. The molecule has 1 amide bonds. The maximum Gasteiger partial charge on any atom is 0.436 e. The molecule has 2 heterocycles. The van der Waals surface area contributed by atoms with E-state index in [1.54, 1.807) is 6.92 Å². The first-order chi connectivity index (χ1) is 22.3. The highest BCUT2D eigenvalue weighted by Crippen LogP contribution is 2.42. The fourth-order valence-corrected chi connectivity index (χ4v) is 5.40. The fourth-order valence-electron chi connectivity index (χ4n) is 5.40. The van der Waals surface area contributed by atoms with E-state index in [0.717, 1.165) is 22.4 Å². The first-order valence-corrected chi connectivity index (χ1v) is 14.5. The third kappa shape index (κ3) is 7.59. The molecule has 14 heteroatoms. The van der Waals surface area contributed by atoms with Crippen LogP contribution in [0.2, 0.25) is 0 Å². The number of alkyl halides is 6. The molecule has 0 aliphatic carbocycles. The molecule has 0 spiro atoms. The number of benzene rings is 3. The van der Waals surface area contributed by atoms with E-state index in [1.165, 1.54) is 48.4 Å². The van der Waals surface area contributed by atoms with Crippen molar-refractivity contribution >= 4 is 17.7 Å². The van der Waals surface area contributed by atoms with Gasteiger partial charge in [-0.25, -0.2) is 9.48 Å². The van der Waals surface area contributed by atoms with Crippen LogP contribution in [-0.2, 0) is 35.0 Å². The van der Waals surface area contributed by atoms with Gasteiger partial charge < -0.3 is 19.7 Å². The van der Waals surface area contributed by atoms with E-state index in [1.807, 2.05) is 30.3 Å². The maximum absolute atomic E-state index is 14.4. The van der Waals surface area contributed by atoms with Crippen LogP contribution in [0.25, 0.3) is 0 Å². The molecule has 0 fully saturated rings. The number of hydrogen-bond acceptors (Lipinski definition) is 6. The summed E-state index contributed by atoms with van der Waals surface area (Å²) in [5.41, 5.74) is -1.35. The molecule has 0 bridgehead atoms. The smallest absolute Gasteiger partial charge is 0.436 e. The van der Waals surface area contributed by atoms with E-state index in [2.05, 4.69) is 15.2 Å². The van der Waals surface area contributed by atoms with Crippen molar-refractivity contribution in [1.82, 2.24) is 15.1 Å². The molecule has 1 aliphatic rings. The second-order valence-corrected chi connectivity index (χ2v) is 11.0. The van der Waals surface area contributed by atoms with Crippen LogP contribution in [0, 0.1) is 0 Å². The molecular weight excluding hydrogens is 630 g/mol. The molecule has 2 atom stereocenters. The fraction of sp³-hybridized carbons (Fsp3) is 0.303. The number of nitrogens with one attached hydrogen (secondary N) is 1. The topological polar surface area (TPSA) is 85.7 Å². The van der Waals surface area contributed by atoms with Crippen molar-refractivity contribution in [3.8, 4) is 0 Å². The van der Waals surface area contributed by atoms with E-state index in [0.29, 0.717) is 5.56 Å². The summed E-state index contributed by atoms with van der Waals surface area (Å²) >= 11 is 0. The van der Waals surface area contributed by atoms with E-state index in [9.17, 15) is 35.9 Å². The number of anilines is 1. The summed E-state index contributed by atoms with van der Waals surface area (Å²) in [5.74, 6) is -1.85. The number of amides is 1. The number of nitrogens with zero attached hydrogens (tertiary/aromatic N) is 3. The Kier molecular flexibility index (Phi) is 9.61. The molecule has 1 unspecified atom stereocenters. The summed E-state index contributed by atoms with van der Waals surface area (Å²) < 4.78 is 95.3. The minimum absolute atomic E-state index is 0.0241. The van der Waals surface area contributed by atoms with Crippen LogP contribution < -0.4 is 10.2 Å². The van der Waals surface area contributed by atoms with Gasteiger partial charge in [0.1, 0.15) is 11.4 Å². The van der Waals surface area contributed by atoms with Crippen LogP contribution >= 0.6 is 0 Å². The van der Waals surface area contributed by atoms with Crippen molar-refractivity contribution in [2.75, 3.05) is 25.2 Å². The minimum atomic E-state index is -5.03. The third-order valence-corrected chi connectivity index (χ3v) is 7.69. The van der Waals surface area contributed by atoms with Gasteiger partial charge in [0, 0.05) is 13.1 Å². The van der Waals surface area contributed by atoms with Crippen molar-refractivity contribution in [1.29, 1.82) is 0 Å². The van der Waals surface area contributed by atoms with Gasteiger partial charge >= 0.3 is 18.3 Å². The van der Waals surface area contributed by atoms with Gasteiger partial charge in [0.05, 0.1) is 43.5 Å². The summed E-state index contributed by atoms with van der Waals surface area (Å²) in [6.45, 7) is 1.43. The number of methoxy groups -OCH3 is 1. The minimum Gasteiger partial charge on any atom is -0.465 e. The molecule has 1 aliphatic heterocycles. The van der Waals surface area contributed by atoms with Gasteiger partial charge in [-0.1, -0.05) is 54.6 Å². The number of rotatable bonds is 10.